The van der Waals surface area contributed by atoms with E-state index in [0.717, 1.165) is 23.7 Å². The minimum absolute atomic E-state index is 0.0550. The number of carbonyl (C=O) groups is 1. The highest BCUT2D eigenvalue weighted by Crippen LogP contribution is 2.37. The van der Waals surface area contributed by atoms with Crippen molar-refractivity contribution < 1.29 is 9.53 Å². The molecule has 4 heteroatoms. The minimum atomic E-state index is -0.0550. The van der Waals surface area contributed by atoms with Crippen molar-refractivity contribution in [3.05, 3.63) is 42.1 Å². The van der Waals surface area contributed by atoms with Gasteiger partial charge in [-0.15, -0.1) is 0 Å². The van der Waals surface area contributed by atoms with E-state index in [1.807, 2.05) is 30.3 Å². The lowest BCUT2D eigenvalue weighted by molar-refractivity contribution is 0.0740. The van der Waals surface area contributed by atoms with Crippen molar-refractivity contribution >= 4 is 16.8 Å². The van der Waals surface area contributed by atoms with Gasteiger partial charge in [0.25, 0.3) is 5.91 Å². The van der Waals surface area contributed by atoms with Crippen LogP contribution in [0.2, 0.25) is 0 Å². The van der Waals surface area contributed by atoms with E-state index in [0.29, 0.717) is 18.7 Å². The third kappa shape index (κ3) is 3.12. The number of nitrogens with one attached hydrogen (secondary N) is 1. The predicted molar refractivity (Wildman–Crippen MR) is 86.9 cm³/mol. The second kappa shape index (κ2) is 6.44. The maximum Gasteiger partial charge on any atom is 0.252 e. The molecule has 1 aromatic carbocycles. The van der Waals surface area contributed by atoms with Gasteiger partial charge < -0.3 is 10.1 Å². The van der Waals surface area contributed by atoms with E-state index in [-0.39, 0.29) is 11.3 Å². The van der Waals surface area contributed by atoms with Gasteiger partial charge in [-0.3, -0.25) is 9.78 Å². The number of amides is 1. The van der Waals surface area contributed by atoms with Gasteiger partial charge in [-0.25, -0.2) is 0 Å². The Labute approximate surface area is 130 Å². The molecule has 4 nitrogen and oxygen atoms in total. The maximum absolute atomic E-state index is 12.4. The van der Waals surface area contributed by atoms with Crippen molar-refractivity contribution in [1.29, 1.82) is 0 Å². The molecule has 0 spiro atoms. The number of fused-ring (bicyclic) bond motifs is 1. The van der Waals surface area contributed by atoms with Gasteiger partial charge >= 0.3 is 0 Å². The fraction of sp³-hybridized carbons (Fsp3) is 0.444. The maximum atomic E-state index is 12.4. The van der Waals surface area contributed by atoms with Gasteiger partial charge in [0, 0.05) is 30.7 Å². The zero-order valence-corrected chi connectivity index (χ0v) is 13.0. The summed E-state index contributed by atoms with van der Waals surface area (Å²) < 4.78 is 5.36. The fourth-order valence-corrected chi connectivity index (χ4v) is 3.37. The first-order valence-electron chi connectivity index (χ1n) is 7.84. The molecule has 0 unspecified atom stereocenters. The van der Waals surface area contributed by atoms with E-state index in [1.54, 1.807) is 13.3 Å². The highest BCUT2D eigenvalue weighted by molar-refractivity contribution is 5.97. The molecule has 0 aliphatic heterocycles. The first-order valence-corrected chi connectivity index (χ1v) is 7.84. The van der Waals surface area contributed by atoms with E-state index >= 15 is 0 Å². The minimum Gasteiger partial charge on any atom is -0.384 e. The Morgan fingerprint density at radius 2 is 2.09 bits per heavy atom. The predicted octanol–water partition coefficient (Wildman–Crippen LogP) is 3.17. The fourth-order valence-electron chi connectivity index (χ4n) is 3.37. The van der Waals surface area contributed by atoms with Crippen molar-refractivity contribution in [2.24, 2.45) is 5.41 Å². The number of rotatable bonds is 5. The highest BCUT2D eigenvalue weighted by Gasteiger charge is 2.34. The third-order valence-electron chi connectivity index (χ3n) is 4.59. The number of benzene rings is 1. The number of hydrogen-bond donors (Lipinski definition) is 1. The molecular weight excluding hydrogens is 276 g/mol. The Morgan fingerprint density at radius 3 is 2.86 bits per heavy atom. The van der Waals surface area contributed by atoms with Crippen LogP contribution in [0.3, 0.4) is 0 Å². The van der Waals surface area contributed by atoms with Gasteiger partial charge in [-0.2, -0.15) is 0 Å². The molecule has 1 fully saturated rings. The number of ether oxygens (including phenoxy) is 1. The molecule has 116 valence electrons. The normalized spacial score (nSPS) is 16.8. The van der Waals surface area contributed by atoms with E-state index in [4.69, 9.17) is 4.74 Å². The molecule has 1 saturated carbocycles. The van der Waals surface area contributed by atoms with Crippen LogP contribution in [-0.2, 0) is 4.74 Å². The number of para-hydroxylation sites is 1. The summed E-state index contributed by atoms with van der Waals surface area (Å²) in [6.45, 7) is 1.38. The number of carbonyl (C=O) groups excluding carboxylic acids is 1. The number of aromatic nitrogens is 1. The standard InChI is InChI=1S/C18H22N2O2/c1-22-13-18(8-4-5-9-18)12-20-17(21)15-10-14-6-2-3-7-16(14)19-11-15/h2-3,6-7,10-11H,4-5,8-9,12-13H2,1H3,(H,20,21). The summed E-state index contributed by atoms with van der Waals surface area (Å²) in [7, 11) is 1.73. The lowest BCUT2D eigenvalue weighted by atomic mass is 9.87. The summed E-state index contributed by atoms with van der Waals surface area (Å²) in [4.78, 5) is 16.7. The average molecular weight is 298 g/mol. The van der Waals surface area contributed by atoms with E-state index in [9.17, 15) is 4.79 Å². The van der Waals surface area contributed by atoms with Gasteiger partial charge in [0.1, 0.15) is 0 Å². The number of methoxy groups -OCH3 is 1. The number of nitrogens with zero attached hydrogens (tertiary/aromatic N) is 1. The molecule has 0 bridgehead atoms. The Bertz CT molecular complexity index is 663. The van der Waals surface area contributed by atoms with Crippen LogP contribution in [0.1, 0.15) is 36.0 Å². The van der Waals surface area contributed by atoms with Crippen LogP contribution in [0, 0.1) is 5.41 Å². The molecule has 1 aliphatic rings. The van der Waals surface area contributed by atoms with Crippen molar-refractivity contribution in [1.82, 2.24) is 10.3 Å². The second-order valence-electron chi connectivity index (χ2n) is 6.24. The summed E-state index contributed by atoms with van der Waals surface area (Å²) in [5, 5.41) is 4.06. The van der Waals surface area contributed by atoms with Gasteiger partial charge in [-0.05, 0) is 25.0 Å². The molecule has 1 heterocycles. The Morgan fingerprint density at radius 1 is 1.32 bits per heavy atom. The molecular formula is C18H22N2O2. The quantitative estimate of drug-likeness (QED) is 0.922. The van der Waals surface area contributed by atoms with Crippen molar-refractivity contribution in [2.75, 3.05) is 20.3 Å². The first kappa shape index (κ1) is 15.0. The van der Waals surface area contributed by atoms with Gasteiger partial charge in [0.2, 0.25) is 0 Å². The topological polar surface area (TPSA) is 51.2 Å². The molecule has 0 radical (unpaired) electrons. The molecule has 22 heavy (non-hydrogen) atoms. The smallest absolute Gasteiger partial charge is 0.252 e. The monoisotopic (exact) mass is 298 g/mol. The van der Waals surface area contributed by atoms with Gasteiger partial charge in [0.05, 0.1) is 17.7 Å². The molecule has 2 aromatic rings. The lowest BCUT2D eigenvalue weighted by Crippen LogP contribution is -2.38. The van der Waals surface area contributed by atoms with Crippen molar-refractivity contribution in [2.45, 2.75) is 25.7 Å². The number of hydrogen-bond acceptors (Lipinski definition) is 3. The third-order valence-corrected chi connectivity index (χ3v) is 4.59. The lowest BCUT2D eigenvalue weighted by Gasteiger charge is -2.28. The van der Waals surface area contributed by atoms with Crippen LogP contribution in [-0.4, -0.2) is 31.2 Å². The van der Waals surface area contributed by atoms with Crippen LogP contribution in [0.15, 0.2) is 36.5 Å². The number of pyridine rings is 1. The molecule has 3 rings (SSSR count). The van der Waals surface area contributed by atoms with Crippen LogP contribution in [0.5, 0.6) is 0 Å². The summed E-state index contributed by atoms with van der Waals surface area (Å²) in [5.41, 5.74) is 1.63. The molecule has 1 aliphatic carbocycles. The SMILES string of the molecule is COCC1(CNC(=O)c2cnc3ccccc3c2)CCCC1. The average Bonchev–Trinajstić information content (AvgIpc) is 3.01. The summed E-state index contributed by atoms with van der Waals surface area (Å²) in [6, 6.07) is 9.72. The summed E-state index contributed by atoms with van der Waals surface area (Å²) in [6.07, 6.45) is 6.33. The van der Waals surface area contributed by atoms with E-state index in [1.165, 1.54) is 12.8 Å². The molecule has 0 atom stereocenters. The summed E-state index contributed by atoms with van der Waals surface area (Å²) in [5.74, 6) is -0.0550. The first-order chi connectivity index (χ1) is 10.7. The molecule has 0 saturated heterocycles. The highest BCUT2D eigenvalue weighted by atomic mass is 16.5. The van der Waals surface area contributed by atoms with Crippen molar-refractivity contribution in [3.8, 4) is 0 Å². The Hall–Kier alpha value is -1.94. The van der Waals surface area contributed by atoms with Gasteiger partial charge in [0.15, 0.2) is 0 Å². The molecule has 1 amide bonds. The zero-order valence-electron chi connectivity index (χ0n) is 13.0. The zero-order chi connectivity index (χ0) is 15.4. The van der Waals surface area contributed by atoms with Crippen molar-refractivity contribution in [3.63, 3.8) is 0 Å². The van der Waals surface area contributed by atoms with Crippen LogP contribution in [0.25, 0.3) is 10.9 Å². The Balaban J connectivity index is 1.70. The van der Waals surface area contributed by atoms with Gasteiger partial charge in [-0.1, -0.05) is 31.0 Å². The van der Waals surface area contributed by atoms with E-state index < -0.39 is 0 Å². The summed E-state index contributed by atoms with van der Waals surface area (Å²) >= 11 is 0. The van der Waals surface area contributed by atoms with E-state index in [2.05, 4.69) is 10.3 Å². The molecule has 1 aromatic heterocycles. The van der Waals surface area contributed by atoms with Crippen LogP contribution in [0.4, 0.5) is 0 Å². The van der Waals surface area contributed by atoms with Crippen LogP contribution < -0.4 is 5.32 Å². The van der Waals surface area contributed by atoms with Crippen LogP contribution >= 0.6 is 0 Å². The largest absolute Gasteiger partial charge is 0.384 e. The Kier molecular flexibility index (Phi) is 4.39. The second-order valence-corrected chi connectivity index (χ2v) is 6.24. The molecule has 1 N–H and O–H groups in total.